The Bertz CT molecular complexity index is 1430. The highest BCUT2D eigenvalue weighted by Crippen LogP contribution is 2.22. The van der Waals surface area contributed by atoms with E-state index in [2.05, 4.69) is 40.3 Å². The summed E-state index contributed by atoms with van der Waals surface area (Å²) >= 11 is 0. The second-order valence-corrected chi connectivity index (χ2v) is 6.73. The van der Waals surface area contributed by atoms with Crippen LogP contribution in [0, 0.1) is 0 Å². The number of carbonyl (C=O) groups excluding carboxylic acids is 1. The maximum absolute atomic E-state index is 12.5. The van der Waals surface area contributed by atoms with Crippen molar-refractivity contribution in [2.75, 3.05) is 5.32 Å². The fourth-order valence-electron chi connectivity index (χ4n) is 2.87. The zero-order valence-corrected chi connectivity index (χ0v) is 15.4. The topological polar surface area (TPSA) is 166 Å². The molecule has 1 amide bonds. The highest BCUT2D eigenvalue weighted by Gasteiger charge is 2.20. The summed E-state index contributed by atoms with van der Waals surface area (Å²) in [6.45, 7) is 0. The molecule has 0 unspecified atom stereocenters. The maximum Gasteiger partial charge on any atom is 0.326 e. The van der Waals surface area contributed by atoms with Gasteiger partial charge in [-0.2, -0.15) is 9.61 Å². The van der Waals surface area contributed by atoms with Gasteiger partial charge in [0.2, 0.25) is 5.88 Å². The SMILES string of the molecule is O=C(Nc1cc(=NC2CC2)n2nc/c(=C\c3[nH]c(=O)[nH]c3O)c2n1)c1ccncn1. The second kappa shape index (κ2) is 6.92. The van der Waals surface area contributed by atoms with Gasteiger partial charge < -0.3 is 15.4 Å². The lowest BCUT2D eigenvalue weighted by Crippen LogP contribution is -2.22. The van der Waals surface area contributed by atoms with Crippen molar-refractivity contribution in [2.24, 2.45) is 4.99 Å². The first-order valence-electron chi connectivity index (χ1n) is 9.10. The normalized spacial score (nSPS) is 15.1. The Kier molecular flexibility index (Phi) is 4.09. The molecular formula is C18H15N9O3. The number of H-pyrrole nitrogens is 2. The third-order valence-corrected chi connectivity index (χ3v) is 4.43. The summed E-state index contributed by atoms with van der Waals surface area (Å²) in [6.07, 6.45) is 7.80. The Labute approximate surface area is 167 Å². The van der Waals surface area contributed by atoms with Gasteiger partial charge in [0.05, 0.1) is 12.2 Å². The molecule has 1 saturated carbocycles. The van der Waals surface area contributed by atoms with Crippen LogP contribution in [0.2, 0.25) is 0 Å². The summed E-state index contributed by atoms with van der Waals surface area (Å²) in [5.41, 5.74) is 0.781. The molecule has 4 aromatic rings. The molecule has 12 heteroatoms. The van der Waals surface area contributed by atoms with Crippen molar-refractivity contribution < 1.29 is 9.90 Å². The van der Waals surface area contributed by atoms with Crippen LogP contribution >= 0.6 is 0 Å². The van der Waals surface area contributed by atoms with Crippen molar-refractivity contribution in [3.8, 4) is 5.88 Å². The lowest BCUT2D eigenvalue weighted by atomic mass is 10.3. The number of nitrogens with zero attached hydrogens (tertiary/aromatic N) is 6. The number of aromatic hydroxyl groups is 1. The molecule has 30 heavy (non-hydrogen) atoms. The van der Waals surface area contributed by atoms with Gasteiger partial charge in [-0.3, -0.25) is 14.8 Å². The van der Waals surface area contributed by atoms with E-state index in [1.54, 1.807) is 10.6 Å². The molecule has 5 rings (SSSR count). The fourth-order valence-corrected chi connectivity index (χ4v) is 2.87. The van der Waals surface area contributed by atoms with Crippen LogP contribution in [0.5, 0.6) is 5.88 Å². The van der Waals surface area contributed by atoms with Gasteiger partial charge in [0.15, 0.2) is 11.1 Å². The largest absolute Gasteiger partial charge is 0.493 e. The fraction of sp³-hybridized carbons (Fsp3) is 0.167. The summed E-state index contributed by atoms with van der Waals surface area (Å²) in [4.78, 5) is 45.4. The number of carbonyl (C=O) groups is 1. The zero-order chi connectivity index (χ0) is 20.7. The molecule has 1 aliphatic rings. The Hall–Kier alpha value is -4.35. The lowest BCUT2D eigenvalue weighted by molar-refractivity contribution is 0.102. The molecule has 12 nitrogen and oxygen atoms in total. The molecule has 4 heterocycles. The minimum atomic E-state index is -0.537. The molecule has 4 aromatic heterocycles. The summed E-state index contributed by atoms with van der Waals surface area (Å²) in [6, 6.07) is 3.34. The molecule has 0 spiro atoms. The van der Waals surface area contributed by atoms with E-state index in [-0.39, 0.29) is 29.1 Å². The van der Waals surface area contributed by atoms with E-state index in [9.17, 15) is 14.7 Å². The highest BCUT2D eigenvalue weighted by molar-refractivity contribution is 6.02. The van der Waals surface area contributed by atoms with Crippen LogP contribution in [-0.4, -0.2) is 51.6 Å². The first-order chi connectivity index (χ1) is 14.6. The van der Waals surface area contributed by atoms with E-state index in [1.165, 1.54) is 30.9 Å². The van der Waals surface area contributed by atoms with Crippen molar-refractivity contribution >= 4 is 23.4 Å². The van der Waals surface area contributed by atoms with Gasteiger partial charge in [-0.1, -0.05) is 0 Å². The molecule has 0 aromatic carbocycles. The van der Waals surface area contributed by atoms with Gasteiger partial charge in [0.1, 0.15) is 23.5 Å². The monoisotopic (exact) mass is 405 g/mol. The average Bonchev–Trinajstić information content (AvgIpc) is 3.37. The number of aromatic amines is 2. The first kappa shape index (κ1) is 17.7. The minimum absolute atomic E-state index is 0.188. The van der Waals surface area contributed by atoms with Crippen LogP contribution in [0.15, 0.2) is 40.6 Å². The van der Waals surface area contributed by atoms with Crippen LogP contribution < -0.4 is 21.7 Å². The number of amides is 1. The number of hydrogen-bond donors (Lipinski definition) is 4. The zero-order valence-electron chi connectivity index (χ0n) is 15.4. The molecule has 4 N–H and O–H groups in total. The molecule has 1 aliphatic carbocycles. The van der Waals surface area contributed by atoms with Gasteiger partial charge in [-0.15, -0.1) is 0 Å². The van der Waals surface area contributed by atoms with E-state index < -0.39 is 11.6 Å². The molecule has 1 fully saturated rings. The Balaban J connectivity index is 1.64. The first-order valence-corrected chi connectivity index (χ1v) is 9.10. The number of hydrogen-bond acceptors (Lipinski definition) is 8. The van der Waals surface area contributed by atoms with E-state index in [0.717, 1.165) is 12.8 Å². The second-order valence-electron chi connectivity index (χ2n) is 6.73. The molecule has 150 valence electrons. The Morgan fingerprint density at radius 1 is 1.37 bits per heavy atom. The Morgan fingerprint density at radius 3 is 2.93 bits per heavy atom. The molecular weight excluding hydrogens is 390 g/mol. The van der Waals surface area contributed by atoms with Gasteiger partial charge in [0.25, 0.3) is 5.91 Å². The standard InChI is InChI=1S/C18H15N9O3/c28-16(11-3-4-19-8-20-11)25-13-6-14(22-10-1-2-10)27-15(24-13)9(7-21-27)5-12-17(29)26-18(30)23-12/h3-8,10,29H,1-2H2,(H,25,28)(H2,23,26,30)/b9-5+,22-14?. The number of imidazole rings is 1. The lowest BCUT2D eigenvalue weighted by Gasteiger charge is -2.05. The number of fused-ring (bicyclic) bond motifs is 1. The number of anilines is 1. The van der Waals surface area contributed by atoms with Crippen LogP contribution in [0.25, 0.3) is 11.7 Å². The van der Waals surface area contributed by atoms with E-state index in [4.69, 9.17) is 0 Å². The summed E-state index contributed by atoms with van der Waals surface area (Å²) < 4.78 is 1.55. The van der Waals surface area contributed by atoms with Crippen LogP contribution in [-0.2, 0) is 0 Å². The summed E-state index contributed by atoms with van der Waals surface area (Å²) in [7, 11) is 0. The Morgan fingerprint density at radius 2 is 2.23 bits per heavy atom. The molecule has 0 saturated heterocycles. The smallest absolute Gasteiger partial charge is 0.326 e. The predicted molar refractivity (Wildman–Crippen MR) is 103 cm³/mol. The summed E-state index contributed by atoms with van der Waals surface area (Å²) in [5, 5.41) is 17.4. The van der Waals surface area contributed by atoms with E-state index >= 15 is 0 Å². The van der Waals surface area contributed by atoms with Crippen molar-refractivity contribution in [3.05, 3.63) is 63.4 Å². The molecule has 0 radical (unpaired) electrons. The number of aromatic nitrogens is 7. The van der Waals surface area contributed by atoms with E-state index in [1.807, 2.05) is 0 Å². The third kappa shape index (κ3) is 3.41. The van der Waals surface area contributed by atoms with Crippen molar-refractivity contribution in [1.29, 1.82) is 0 Å². The summed E-state index contributed by atoms with van der Waals surface area (Å²) in [5.74, 6) is -0.466. The quantitative estimate of drug-likeness (QED) is 0.341. The molecule has 0 bridgehead atoms. The van der Waals surface area contributed by atoms with E-state index in [0.29, 0.717) is 16.4 Å². The third-order valence-electron chi connectivity index (χ3n) is 4.43. The van der Waals surface area contributed by atoms with Crippen molar-refractivity contribution in [1.82, 2.24) is 34.5 Å². The highest BCUT2D eigenvalue weighted by atomic mass is 16.3. The number of rotatable bonds is 4. The van der Waals surface area contributed by atoms with Crippen molar-refractivity contribution in [3.63, 3.8) is 0 Å². The van der Waals surface area contributed by atoms with Gasteiger partial charge in [-0.25, -0.2) is 19.7 Å². The average molecular weight is 405 g/mol. The van der Waals surface area contributed by atoms with Crippen molar-refractivity contribution in [2.45, 2.75) is 18.9 Å². The van der Waals surface area contributed by atoms with Crippen LogP contribution in [0.3, 0.4) is 0 Å². The van der Waals surface area contributed by atoms with Gasteiger partial charge in [-0.05, 0) is 25.0 Å². The minimum Gasteiger partial charge on any atom is -0.493 e. The van der Waals surface area contributed by atoms with Gasteiger partial charge >= 0.3 is 5.69 Å². The van der Waals surface area contributed by atoms with Crippen LogP contribution in [0.1, 0.15) is 29.0 Å². The molecule has 0 atom stereocenters. The van der Waals surface area contributed by atoms with Crippen LogP contribution in [0.4, 0.5) is 5.82 Å². The predicted octanol–water partition coefficient (Wildman–Crippen LogP) is -0.896. The van der Waals surface area contributed by atoms with Gasteiger partial charge in [0, 0.05) is 17.5 Å². The molecule has 0 aliphatic heterocycles. The number of nitrogens with one attached hydrogen (secondary N) is 3. The maximum atomic E-state index is 12.5.